The molecular weight excluding hydrogens is 368 g/mol. The number of phenolic OH excluding ortho intramolecular Hbond substituents is 1. The van der Waals surface area contributed by atoms with E-state index < -0.39 is 11.2 Å². The largest absolute Gasteiger partial charge is 0.504 e. The second-order valence-electron chi connectivity index (χ2n) is 8.76. The van der Waals surface area contributed by atoms with Gasteiger partial charge in [0.05, 0.1) is 12.5 Å². The summed E-state index contributed by atoms with van der Waals surface area (Å²) in [7, 11) is 1.44. The van der Waals surface area contributed by atoms with Crippen LogP contribution < -0.4 is 10.2 Å². The van der Waals surface area contributed by atoms with Crippen LogP contribution in [0.15, 0.2) is 45.6 Å². The molecule has 5 nitrogen and oxygen atoms in total. The van der Waals surface area contributed by atoms with E-state index in [1.165, 1.54) is 31.6 Å². The van der Waals surface area contributed by atoms with Crippen LogP contribution in [0.3, 0.4) is 0 Å². The van der Waals surface area contributed by atoms with Crippen molar-refractivity contribution in [3.05, 3.63) is 52.2 Å². The second-order valence-corrected chi connectivity index (χ2v) is 8.76. The molecule has 4 aliphatic carbocycles. The summed E-state index contributed by atoms with van der Waals surface area (Å²) >= 11 is 0. The van der Waals surface area contributed by atoms with Gasteiger partial charge in [-0.2, -0.15) is 0 Å². The number of phenols is 1. The molecule has 0 aliphatic heterocycles. The van der Waals surface area contributed by atoms with Gasteiger partial charge in [-0.15, -0.1) is 0 Å². The van der Waals surface area contributed by atoms with Gasteiger partial charge in [0.1, 0.15) is 5.58 Å². The number of rotatable bonds is 4. The summed E-state index contributed by atoms with van der Waals surface area (Å²) in [6, 6.07) is 10.3. The second kappa shape index (κ2) is 5.78. The number of methoxy groups -OCH3 is 1. The van der Waals surface area contributed by atoms with E-state index in [-0.39, 0.29) is 17.3 Å². The lowest BCUT2D eigenvalue weighted by atomic mass is 9.76. The SMILES string of the molecule is COc1cc(-c2oc3cc(CC4CCC5C6C4C56)ccc3c(=O)c2O)ccc1O. The third-order valence-electron chi connectivity index (χ3n) is 7.33. The Morgan fingerprint density at radius 3 is 2.66 bits per heavy atom. The molecule has 2 N–H and O–H groups in total. The first-order valence-electron chi connectivity index (χ1n) is 10.2. The molecule has 3 atom stereocenters. The zero-order valence-corrected chi connectivity index (χ0v) is 16.1. The Morgan fingerprint density at radius 1 is 1.07 bits per heavy atom. The Balaban J connectivity index is 1.40. The van der Waals surface area contributed by atoms with Crippen molar-refractivity contribution in [3.63, 3.8) is 0 Å². The van der Waals surface area contributed by atoms with Crippen LogP contribution in [0, 0.1) is 29.6 Å². The molecule has 29 heavy (non-hydrogen) atoms. The zero-order valence-electron chi connectivity index (χ0n) is 16.1. The minimum Gasteiger partial charge on any atom is -0.504 e. The maximum Gasteiger partial charge on any atom is 0.235 e. The molecule has 3 unspecified atom stereocenters. The average molecular weight is 390 g/mol. The average Bonchev–Trinajstić information content (AvgIpc) is 3.64. The van der Waals surface area contributed by atoms with Crippen molar-refractivity contribution in [1.29, 1.82) is 0 Å². The van der Waals surface area contributed by atoms with E-state index in [0.717, 1.165) is 36.0 Å². The van der Waals surface area contributed by atoms with Gasteiger partial charge in [-0.3, -0.25) is 4.79 Å². The van der Waals surface area contributed by atoms with E-state index in [4.69, 9.17) is 9.15 Å². The van der Waals surface area contributed by atoms with Crippen molar-refractivity contribution in [1.82, 2.24) is 0 Å². The Bertz CT molecular complexity index is 1200. The molecule has 4 fully saturated rings. The molecule has 2 aromatic carbocycles. The van der Waals surface area contributed by atoms with Crippen molar-refractivity contribution >= 4 is 11.0 Å². The fourth-order valence-corrected chi connectivity index (χ4v) is 5.76. The minimum atomic E-state index is -0.455. The number of aromatic hydroxyl groups is 2. The Morgan fingerprint density at radius 2 is 1.90 bits per heavy atom. The van der Waals surface area contributed by atoms with E-state index in [2.05, 4.69) is 0 Å². The van der Waals surface area contributed by atoms with Crippen LogP contribution in [-0.4, -0.2) is 17.3 Å². The molecule has 4 saturated carbocycles. The lowest BCUT2D eigenvalue weighted by Crippen LogP contribution is -2.22. The van der Waals surface area contributed by atoms with E-state index >= 15 is 0 Å². The van der Waals surface area contributed by atoms with Crippen LogP contribution in [0.5, 0.6) is 17.2 Å². The minimum absolute atomic E-state index is 0.0194. The summed E-state index contributed by atoms with van der Waals surface area (Å²) in [6.45, 7) is 0. The normalized spacial score (nSPS) is 28.8. The standard InChI is InChI=1S/C24H22O5/c1-28-18-10-13(4-7-16(18)25)24-23(27)22(26)14-5-2-11(9-17(14)29-24)8-12-3-6-15-20-19(12)21(15)20/h2,4-5,7,9-10,12,15,19-21,25,27H,3,6,8H2,1H3. The summed E-state index contributed by atoms with van der Waals surface area (Å²) in [5, 5.41) is 20.6. The van der Waals surface area contributed by atoms with Gasteiger partial charge >= 0.3 is 0 Å². The molecule has 2 bridgehead atoms. The van der Waals surface area contributed by atoms with E-state index in [1.807, 2.05) is 12.1 Å². The Kier molecular flexibility index (Phi) is 3.38. The molecule has 0 spiro atoms. The first-order valence-corrected chi connectivity index (χ1v) is 10.2. The predicted molar refractivity (Wildman–Crippen MR) is 108 cm³/mol. The van der Waals surface area contributed by atoms with E-state index in [9.17, 15) is 15.0 Å². The van der Waals surface area contributed by atoms with Gasteiger partial charge in [-0.1, -0.05) is 6.07 Å². The number of ether oxygens (including phenoxy) is 1. The highest BCUT2D eigenvalue weighted by Gasteiger charge is 2.76. The summed E-state index contributed by atoms with van der Waals surface area (Å²) < 4.78 is 11.1. The quantitative estimate of drug-likeness (QED) is 0.693. The van der Waals surface area contributed by atoms with Gasteiger partial charge in [-0.25, -0.2) is 0 Å². The molecule has 5 heteroatoms. The molecule has 0 amide bonds. The highest BCUT2D eigenvalue weighted by molar-refractivity contribution is 5.82. The number of hydrogen-bond donors (Lipinski definition) is 2. The van der Waals surface area contributed by atoms with Crippen LogP contribution in [0.1, 0.15) is 18.4 Å². The van der Waals surface area contributed by atoms with Crippen molar-refractivity contribution < 1.29 is 19.4 Å². The van der Waals surface area contributed by atoms with Gasteiger partial charge in [-0.05, 0) is 84.7 Å². The number of hydrogen-bond acceptors (Lipinski definition) is 5. The molecule has 4 aliphatic rings. The maximum atomic E-state index is 12.7. The zero-order chi connectivity index (χ0) is 19.9. The molecule has 148 valence electrons. The van der Waals surface area contributed by atoms with Crippen LogP contribution in [-0.2, 0) is 6.42 Å². The maximum absolute atomic E-state index is 12.7. The van der Waals surface area contributed by atoms with Gasteiger partial charge in [0.25, 0.3) is 0 Å². The van der Waals surface area contributed by atoms with Crippen molar-refractivity contribution in [2.45, 2.75) is 19.3 Å². The fourth-order valence-electron chi connectivity index (χ4n) is 5.76. The summed E-state index contributed by atoms with van der Waals surface area (Å²) in [5.41, 5.74) is 1.67. The summed E-state index contributed by atoms with van der Waals surface area (Å²) in [5.74, 6) is 4.62. The van der Waals surface area contributed by atoms with Crippen LogP contribution in [0.25, 0.3) is 22.3 Å². The van der Waals surface area contributed by atoms with Crippen molar-refractivity contribution in [2.75, 3.05) is 7.11 Å². The first-order chi connectivity index (χ1) is 14.1. The van der Waals surface area contributed by atoms with Gasteiger partial charge in [0.2, 0.25) is 11.2 Å². The Labute approximate surface area is 167 Å². The van der Waals surface area contributed by atoms with Gasteiger partial charge in [0.15, 0.2) is 17.3 Å². The molecule has 0 saturated heterocycles. The van der Waals surface area contributed by atoms with Crippen LogP contribution in [0.4, 0.5) is 0 Å². The third kappa shape index (κ3) is 2.43. The molecule has 7 rings (SSSR count). The lowest BCUT2D eigenvalue weighted by Gasteiger charge is -2.29. The molecule has 3 aromatic rings. The molecular formula is C24H22O5. The molecule has 0 radical (unpaired) electrons. The van der Waals surface area contributed by atoms with Crippen molar-refractivity contribution in [3.8, 4) is 28.6 Å². The number of benzene rings is 2. The Hall–Kier alpha value is -2.95. The van der Waals surface area contributed by atoms with Crippen LogP contribution in [0.2, 0.25) is 0 Å². The predicted octanol–water partition coefficient (Wildman–Crippen LogP) is 4.32. The topological polar surface area (TPSA) is 79.9 Å². The van der Waals surface area contributed by atoms with Gasteiger partial charge < -0.3 is 19.4 Å². The van der Waals surface area contributed by atoms with Crippen molar-refractivity contribution in [2.24, 2.45) is 29.6 Å². The smallest absolute Gasteiger partial charge is 0.235 e. The first kappa shape index (κ1) is 17.0. The highest BCUT2D eigenvalue weighted by Crippen LogP contribution is 2.80. The van der Waals surface area contributed by atoms with Crippen LogP contribution >= 0.6 is 0 Å². The molecule has 1 heterocycles. The van der Waals surface area contributed by atoms with E-state index in [0.29, 0.717) is 16.5 Å². The third-order valence-corrected chi connectivity index (χ3v) is 7.33. The fraction of sp³-hybridized carbons (Fsp3) is 0.375. The van der Waals surface area contributed by atoms with Gasteiger partial charge in [0, 0.05) is 5.56 Å². The van der Waals surface area contributed by atoms with E-state index in [1.54, 1.807) is 18.2 Å². The lowest BCUT2D eigenvalue weighted by molar-refractivity contribution is 0.228. The monoisotopic (exact) mass is 390 g/mol. The summed E-state index contributed by atoms with van der Waals surface area (Å²) in [6.07, 6.45) is 3.70. The highest BCUT2D eigenvalue weighted by atomic mass is 16.5. The summed E-state index contributed by atoms with van der Waals surface area (Å²) in [4.78, 5) is 12.7. The number of fused-ring (bicyclic) bond motifs is 3. The molecule has 1 aromatic heterocycles.